The smallest absolute Gasteiger partial charge is 0.324 e. The summed E-state index contributed by atoms with van der Waals surface area (Å²) in [6.45, 7) is 0. The quantitative estimate of drug-likeness (QED) is 0.484. The van der Waals surface area contributed by atoms with Crippen LogP contribution in [0.25, 0.3) is 27.6 Å². The summed E-state index contributed by atoms with van der Waals surface area (Å²) >= 11 is 0. The second-order valence-electron chi connectivity index (χ2n) is 5.34. The van der Waals surface area contributed by atoms with Crippen LogP contribution in [0.4, 0.5) is 5.69 Å². The van der Waals surface area contributed by atoms with E-state index in [0.29, 0.717) is 17.1 Å². The van der Waals surface area contributed by atoms with Gasteiger partial charge in [0.1, 0.15) is 5.65 Å². The Bertz CT molecular complexity index is 1210. The van der Waals surface area contributed by atoms with Crippen LogP contribution >= 0.6 is 0 Å². The van der Waals surface area contributed by atoms with E-state index in [2.05, 4.69) is 25.0 Å². The maximum atomic E-state index is 6.00. The van der Waals surface area contributed by atoms with Gasteiger partial charge in [-0.3, -0.25) is 0 Å². The minimum absolute atomic E-state index is 0.223. The van der Waals surface area contributed by atoms with Gasteiger partial charge in [-0.1, -0.05) is 12.1 Å². The van der Waals surface area contributed by atoms with Crippen LogP contribution in [0.5, 0.6) is 11.8 Å². The molecular weight excluding hydrogens is 306 g/mol. The normalized spacial score (nSPS) is 11.5. The predicted octanol–water partition coefficient (Wildman–Crippen LogP) is 2.53. The number of nitrogens with one attached hydrogen (secondary N) is 1. The molecule has 0 radical (unpaired) electrons. The van der Waals surface area contributed by atoms with E-state index in [1.165, 1.54) is 0 Å². The number of anilines is 1. The molecule has 8 nitrogen and oxygen atoms in total. The maximum absolute atomic E-state index is 6.00. The lowest BCUT2D eigenvalue weighted by Gasteiger charge is -2.03. The Morgan fingerprint density at radius 3 is 3.00 bits per heavy atom. The number of nitrogens with two attached hydrogens (primary N) is 1. The Kier molecular flexibility index (Phi) is 2.49. The summed E-state index contributed by atoms with van der Waals surface area (Å²) in [5.41, 5.74) is 8.92. The fourth-order valence-corrected chi connectivity index (χ4v) is 2.71. The first-order valence-corrected chi connectivity index (χ1v) is 7.28. The van der Waals surface area contributed by atoms with E-state index >= 15 is 0 Å². The highest BCUT2D eigenvalue weighted by molar-refractivity contribution is 6.09. The molecule has 0 saturated carbocycles. The topological polar surface area (TPSA) is 107 Å². The first kappa shape index (κ1) is 12.8. The van der Waals surface area contributed by atoms with Crippen molar-refractivity contribution in [1.82, 2.24) is 29.5 Å². The average Bonchev–Trinajstić information content (AvgIpc) is 3.19. The van der Waals surface area contributed by atoms with E-state index in [1.807, 2.05) is 18.2 Å². The van der Waals surface area contributed by atoms with Crippen molar-refractivity contribution in [3.63, 3.8) is 0 Å². The van der Waals surface area contributed by atoms with Gasteiger partial charge in [-0.15, -0.1) is 0 Å². The molecule has 8 heteroatoms. The summed E-state index contributed by atoms with van der Waals surface area (Å²) in [6.07, 6.45) is 6.71. The Labute approximate surface area is 134 Å². The number of hydrogen-bond acceptors (Lipinski definition) is 6. The highest BCUT2D eigenvalue weighted by Gasteiger charge is 2.10. The minimum Gasteiger partial charge on any atom is -0.421 e. The number of para-hydroxylation sites is 1. The van der Waals surface area contributed by atoms with Crippen LogP contribution in [0.3, 0.4) is 0 Å². The molecule has 4 heterocycles. The van der Waals surface area contributed by atoms with E-state index in [-0.39, 0.29) is 6.01 Å². The summed E-state index contributed by atoms with van der Waals surface area (Å²) < 4.78 is 7.32. The second-order valence-corrected chi connectivity index (χ2v) is 5.34. The zero-order chi connectivity index (χ0) is 16.1. The van der Waals surface area contributed by atoms with Crippen molar-refractivity contribution in [2.45, 2.75) is 0 Å². The number of benzene rings is 1. The SMILES string of the molecule is Nc1cccc2c1[nH]c1nc(Oc3cnc4ccnn4c3)ncc12. The van der Waals surface area contributed by atoms with Gasteiger partial charge < -0.3 is 15.5 Å². The maximum Gasteiger partial charge on any atom is 0.324 e. The third-order valence-corrected chi connectivity index (χ3v) is 3.83. The summed E-state index contributed by atoms with van der Waals surface area (Å²) in [7, 11) is 0. The molecular formula is C16H11N7O. The number of aromatic amines is 1. The zero-order valence-electron chi connectivity index (χ0n) is 12.3. The Morgan fingerprint density at radius 1 is 1.08 bits per heavy atom. The largest absolute Gasteiger partial charge is 0.421 e. The number of fused-ring (bicyclic) bond motifs is 4. The third kappa shape index (κ3) is 1.86. The van der Waals surface area contributed by atoms with E-state index in [9.17, 15) is 0 Å². The van der Waals surface area contributed by atoms with Crippen molar-refractivity contribution in [1.29, 1.82) is 0 Å². The number of rotatable bonds is 2. The number of hydrogen-bond donors (Lipinski definition) is 2. The summed E-state index contributed by atoms with van der Waals surface area (Å²) in [6, 6.07) is 7.75. The molecule has 0 fully saturated rings. The van der Waals surface area contributed by atoms with E-state index in [1.54, 1.807) is 35.4 Å². The van der Waals surface area contributed by atoms with Crippen molar-refractivity contribution in [2.75, 3.05) is 5.73 Å². The third-order valence-electron chi connectivity index (χ3n) is 3.83. The first-order chi connectivity index (χ1) is 11.8. The van der Waals surface area contributed by atoms with Gasteiger partial charge in [0.15, 0.2) is 11.4 Å². The van der Waals surface area contributed by atoms with Gasteiger partial charge in [-0.2, -0.15) is 10.1 Å². The number of nitrogen functional groups attached to an aromatic ring is 1. The van der Waals surface area contributed by atoms with Crippen LogP contribution in [0, 0.1) is 0 Å². The molecule has 3 N–H and O–H groups in total. The van der Waals surface area contributed by atoms with E-state index in [0.717, 1.165) is 21.9 Å². The van der Waals surface area contributed by atoms with Gasteiger partial charge in [0.25, 0.3) is 0 Å². The molecule has 0 aliphatic heterocycles. The molecule has 0 spiro atoms. The molecule has 0 aliphatic rings. The number of ether oxygens (including phenoxy) is 1. The molecule has 24 heavy (non-hydrogen) atoms. The van der Waals surface area contributed by atoms with Gasteiger partial charge >= 0.3 is 6.01 Å². The fourth-order valence-electron chi connectivity index (χ4n) is 2.71. The number of aromatic nitrogens is 6. The van der Waals surface area contributed by atoms with Gasteiger partial charge in [0.2, 0.25) is 0 Å². The summed E-state index contributed by atoms with van der Waals surface area (Å²) in [4.78, 5) is 16.1. The highest BCUT2D eigenvalue weighted by Crippen LogP contribution is 2.28. The van der Waals surface area contributed by atoms with Crippen LogP contribution in [-0.2, 0) is 0 Å². The van der Waals surface area contributed by atoms with Gasteiger partial charge in [0.05, 0.1) is 29.8 Å². The highest BCUT2D eigenvalue weighted by atomic mass is 16.5. The van der Waals surface area contributed by atoms with E-state index in [4.69, 9.17) is 10.5 Å². The molecule has 0 atom stereocenters. The lowest BCUT2D eigenvalue weighted by molar-refractivity contribution is 0.438. The Hall–Kier alpha value is -3.68. The molecule has 0 unspecified atom stereocenters. The van der Waals surface area contributed by atoms with E-state index < -0.39 is 0 Å². The van der Waals surface area contributed by atoms with Crippen molar-refractivity contribution < 1.29 is 4.74 Å². The lowest BCUT2D eigenvalue weighted by Crippen LogP contribution is -1.95. The molecule has 0 bridgehead atoms. The zero-order valence-corrected chi connectivity index (χ0v) is 12.3. The average molecular weight is 317 g/mol. The molecule has 5 rings (SSSR count). The van der Waals surface area contributed by atoms with Gasteiger partial charge in [0, 0.05) is 23.0 Å². The summed E-state index contributed by atoms with van der Waals surface area (Å²) in [5, 5.41) is 6.00. The Balaban J connectivity index is 1.59. The monoisotopic (exact) mass is 317 g/mol. The molecule has 5 aromatic rings. The second kappa shape index (κ2) is 4.66. The van der Waals surface area contributed by atoms with Gasteiger partial charge in [-0.25, -0.2) is 14.5 Å². The fraction of sp³-hybridized carbons (Fsp3) is 0. The molecule has 0 aliphatic carbocycles. The molecule has 116 valence electrons. The molecule has 4 aromatic heterocycles. The van der Waals surface area contributed by atoms with Crippen LogP contribution in [0.15, 0.2) is 49.1 Å². The standard InChI is InChI=1S/C16H11N7O/c17-12-3-1-2-10-11-7-19-16(22-15(11)21-14(10)12)24-9-6-18-13-4-5-20-23(13)8-9/h1-8H,17H2,(H,19,21,22). The number of H-pyrrole nitrogens is 1. The first-order valence-electron chi connectivity index (χ1n) is 7.28. The van der Waals surface area contributed by atoms with Crippen LogP contribution in [-0.4, -0.2) is 29.5 Å². The number of nitrogens with zero attached hydrogens (tertiary/aromatic N) is 5. The predicted molar refractivity (Wildman–Crippen MR) is 88.9 cm³/mol. The van der Waals surface area contributed by atoms with Crippen LogP contribution in [0.1, 0.15) is 0 Å². The van der Waals surface area contributed by atoms with Crippen LogP contribution < -0.4 is 10.5 Å². The van der Waals surface area contributed by atoms with Crippen molar-refractivity contribution >= 4 is 33.3 Å². The van der Waals surface area contributed by atoms with Crippen LogP contribution in [0.2, 0.25) is 0 Å². The molecule has 0 amide bonds. The minimum atomic E-state index is 0.223. The lowest BCUT2D eigenvalue weighted by atomic mass is 10.2. The summed E-state index contributed by atoms with van der Waals surface area (Å²) in [5.74, 6) is 0.501. The van der Waals surface area contributed by atoms with Crippen molar-refractivity contribution in [3.05, 3.63) is 49.1 Å². The van der Waals surface area contributed by atoms with Gasteiger partial charge in [-0.05, 0) is 6.07 Å². The molecule has 1 aromatic carbocycles. The molecule has 0 saturated heterocycles. The van der Waals surface area contributed by atoms with Crippen molar-refractivity contribution in [2.24, 2.45) is 0 Å². The Morgan fingerprint density at radius 2 is 2.04 bits per heavy atom. The van der Waals surface area contributed by atoms with Crippen molar-refractivity contribution in [3.8, 4) is 11.8 Å².